The van der Waals surface area contributed by atoms with Crippen molar-refractivity contribution in [1.82, 2.24) is 19.2 Å². The SMILES string of the molecule is Cc1ccccc1CN(C)C(=O)Cn1nc2n(c1=O)CCCCC2. The molecule has 0 fully saturated rings. The van der Waals surface area contributed by atoms with Gasteiger partial charge in [0.15, 0.2) is 0 Å². The van der Waals surface area contributed by atoms with Crippen LogP contribution in [0.25, 0.3) is 0 Å². The molecule has 0 bridgehead atoms. The van der Waals surface area contributed by atoms with Crippen molar-refractivity contribution < 1.29 is 4.79 Å². The van der Waals surface area contributed by atoms with Crippen molar-refractivity contribution in [2.75, 3.05) is 7.05 Å². The largest absolute Gasteiger partial charge is 0.346 e. The Balaban J connectivity index is 1.71. The van der Waals surface area contributed by atoms with Crippen molar-refractivity contribution in [3.05, 3.63) is 51.7 Å². The minimum absolute atomic E-state index is 0.00120. The zero-order chi connectivity index (χ0) is 17.1. The van der Waals surface area contributed by atoms with Gasteiger partial charge in [-0.3, -0.25) is 9.36 Å². The molecule has 1 amide bonds. The summed E-state index contributed by atoms with van der Waals surface area (Å²) in [5, 5.41) is 4.38. The fourth-order valence-corrected chi connectivity index (χ4v) is 3.11. The smallest absolute Gasteiger partial charge is 0.340 e. The van der Waals surface area contributed by atoms with E-state index < -0.39 is 0 Å². The summed E-state index contributed by atoms with van der Waals surface area (Å²) in [6, 6.07) is 8.00. The van der Waals surface area contributed by atoms with Gasteiger partial charge >= 0.3 is 5.69 Å². The lowest BCUT2D eigenvalue weighted by atomic mass is 10.1. The monoisotopic (exact) mass is 328 g/mol. The Hall–Kier alpha value is -2.37. The fraction of sp³-hybridized carbons (Fsp3) is 0.500. The Morgan fingerprint density at radius 3 is 2.83 bits per heavy atom. The fourth-order valence-electron chi connectivity index (χ4n) is 3.11. The molecule has 1 aromatic carbocycles. The highest BCUT2D eigenvalue weighted by atomic mass is 16.2. The molecule has 0 radical (unpaired) electrons. The summed E-state index contributed by atoms with van der Waals surface area (Å²) in [4.78, 5) is 26.6. The first kappa shape index (κ1) is 16.5. The number of likely N-dealkylation sites (N-methyl/N-ethyl adjacent to an activating group) is 1. The third kappa shape index (κ3) is 3.42. The van der Waals surface area contributed by atoms with Crippen LogP contribution < -0.4 is 5.69 Å². The van der Waals surface area contributed by atoms with Crippen molar-refractivity contribution in [1.29, 1.82) is 0 Å². The predicted octanol–water partition coefficient (Wildman–Crippen LogP) is 1.74. The number of amides is 1. The molecule has 1 aliphatic heterocycles. The van der Waals surface area contributed by atoms with Gasteiger partial charge in [0.2, 0.25) is 5.91 Å². The summed E-state index contributed by atoms with van der Waals surface area (Å²) in [6.07, 6.45) is 3.99. The molecular formula is C18H24N4O2. The Morgan fingerprint density at radius 2 is 2.04 bits per heavy atom. The van der Waals surface area contributed by atoms with E-state index in [1.807, 2.05) is 31.2 Å². The predicted molar refractivity (Wildman–Crippen MR) is 91.7 cm³/mol. The minimum Gasteiger partial charge on any atom is -0.340 e. The summed E-state index contributed by atoms with van der Waals surface area (Å²) >= 11 is 0. The van der Waals surface area contributed by atoms with Gasteiger partial charge in [0.05, 0.1) is 0 Å². The number of nitrogens with zero attached hydrogens (tertiary/aromatic N) is 4. The number of carbonyl (C=O) groups excluding carboxylic acids is 1. The van der Waals surface area contributed by atoms with Gasteiger partial charge < -0.3 is 4.90 Å². The van der Waals surface area contributed by atoms with Crippen LogP contribution in [0.3, 0.4) is 0 Å². The molecule has 128 valence electrons. The Bertz CT molecular complexity index is 791. The number of aromatic nitrogens is 3. The Labute approximate surface area is 141 Å². The Kier molecular flexibility index (Phi) is 4.83. The summed E-state index contributed by atoms with van der Waals surface area (Å²) in [5.74, 6) is 0.709. The molecule has 3 rings (SSSR count). The summed E-state index contributed by atoms with van der Waals surface area (Å²) < 4.78 is 3.04. The maximum atomic E-state index is 12.5. The molecule has 24 heavy (non-hydrogen) atoms. The van der Waals surface area contributed by atoms with E-state index in [1.54, 1.807) is 16.5 Å². The van der Waals surface area contributed by atoms with Crippen LogP contribution in [-0.2, 0) is 30.8 Å². The summed E-state index contributed by atoms with van der Waals surface area (Å²) in [5.41, 5.74) is 2.11. The van der Waals surface area contributed by atoms with E-state index >= 15 is 0 Å². The third-order valence-corrected chi connectivity index (χ3v) is 4.66. The van der Waals surface area contributed by atoms with Crippen molar-refractivity contribution in [2.45, 2.75) is 52.2 Å². The summed E-state index contributed by atoms with van der Waals surface area (Å²) in [7, 11) is 1.76. The van der Waals surface area contributed by atoms with E-state index in [-0.39, 0.29) is 18.1 Å². The quantitative estimate of drug-likeness (QED) is 0.859. The number of rotatable bonds is 4. The maximum Gasteiger partial charge on any atom is 0.346 e. The number of carbonyl (C=O) groups is 1. The first-order valence-corrected chi connectivity index (χ1v) is 8.51. The van der Waals surface area contributed by atoms with Gasteiger partial charge in [-0.05, 0) is 30.9 Å². The Morgan fingerprint density at radius 1 is 1.25 bits per heavy atom. The van der Waals surface area contributed by atoms with Crippen LogP contribution in [0.4, 0.5) is 0 Å². The van der Waals surface area contributed by atoms with Crippen LogP contribution in [0.2, 0.25) is 0 Å². The average molecular weight is 328 g/mol. The molecule has 0 N–H and O–H groups in total. The van der Waals surface area contributed by atoms with Crippen LogP contribution >= 0.6 is 0 Å². The molecule has 0 saturated carbocycles. The molecule has 0 unspecified atom stereocenters. The molecule has 2 aromatic rings. The highest BCUT2D eigenvalue weighted by molar-refractivity contribution is 5.75. The lowest BCUT2D eigenvalue weighted by Crippen LogP contribution is -2.35. The molecule has 0 spiro atoms. The normalized spacial score (nSPS) is 14.1. The molecule has 1 aromatic heterocycles. The molecule has 2 heterocycles. The highest BCUT2D eigenvalue weighted by Crippen LogP contribution is 2.11. The molecular weight excluding hydrogens is 304 g/mol. The molecule has 6 heteroatoms. The van der Waals surface area contributed by atoms with Gasteiger partial charge in [0.1, 0.15) is 12.4 Å². The van der Waals surface area contributed by atoms with Gasteiger partial charge in [-0.25, -0.2) is 9.48 Å². The minimum atomic E-state index is -0.162. The van der Waals surface area contributed by atoms with Crippen molar-refractivity contribution in [3.63, 3.8) is 0 Å². The van der Waals surface area contributed by atoms with Gasteiger partial charge in [-0.15, -0.1) is 0 Å². The lowest BCUT2D eigenvalue weighted by Gasteiger charge is -2.18. The van der Waals surface area contributed by atoms with Gasteiger partial charge in [0.25, 0.3) is 0 Å². The number of aryl methyl sites for hydroxylation is 2. The zero-order valence-electron chi connectivity index (χ0n) is 14.4. The van der Waals surface area contributed by atoms with Crippen molar-refractivity contribution in [2.24, 2.45) is 0 Å². The van der Waals surface area contributed by atoms with Crippen molar-refractivity contribution in [3.8, 4) is 0 Å². The van der Waals surface area contributed by atoms with E-state index in [4.69, 9.17) is 0 Å². The van der Waals surface area contributed by atoms with Gasteiger partial charge in [-0.1, -0.05) is 30.7 Å². The van der Waals surface area contributed by atoms with Gasteiger partial charge in [0, 0.05) is 26.6 Å². The van der Waals surface area contributed by atoms with E-state index in [1.165, 1.54) is 4.68 Å². The molecule has 1 aliphatic rings. The standard InChI is InChI=1S/C18H24N4O2/c1-14-8-5-6-9-15(14)12-20(2)17(23)13-22-18(24)21-11-7-3-4-10-16(21)19-22/h5-6,8-9H,3-4,7,10-13H2,1-2H3. The average Bonchev–Trinajstić information content (AvgIpc) is 2.74. The topological polar surface area (TPSA) is 60.1 Å². The van der Waals surface area contributed by atoms with E-state index in [9.17, 15) is 9.59 Å². The van der Waals surface area contributed by atoms with Gasteiger partial charge in [-0.2, -0.15) is 5.10 Å². The van der Waals surface area contributed by atoms with E-state index in [0.717, 1.165) is 42.6 Å². The second-order valence-electron chi connectivity index (χ2n) is 6.50. The molecule has 6 nitrogen and oxygen atoms in total. The number of benzene rings is 1. The second kappa shape index (κ2) is 7.03. The molecule has 0 saturated heterocycles. The van der Waals surface area contributed by atoms with E-state index in [0.29, 0.717) is 13.1 Å². The van der Waals surface area contributed by atoms with Crippen LogP contribution in [0.5, 0.6) is 0 Å². The number of fused-ring (bicyclic) bond motifs is 1. The van der Waals surface area contributed by atoms with E-state index in [2.05, 4.69) is 5.10 Å². The first-order valence-electron chi connectivity index (χ1n) is 8.51. The molecule has 0 atom stereocenters. The van der Waals surface area contributed by atoms with Crippen LogP contribution in [-0.4, -0.2) is 32.2 Å². The van der Waals surface area contributed by atoms with Crippen molar-refractivity contribution >= 4 is 5.91 Å². The second-order valence-corrected chi connectivity index (χ2v) is 6.50. The van der Waals surface area contributed by atoms with Crippen LogP contribution in [0.15, 0.2) is 29.1 Å². The molecule has 0 aliphatic carbocycles. The number of hydrogen-bond acceptors (Lipinski definition) is 3. The maximum absolute atomic E-state index is 12.5. The zero-order valence-corrected chi connectivity index (χ0v) is 14.4. The lowest BCUT2D eigenvalue weighted by molar-refractivity contribution is -0.131. The summed E-state index contributed by atoms with van der Waals surface area (Å²) in [6.45, 7) is 3.28. The first-order chi connectivity index (χ1) is 11.6. The van der Waals surface area contributed by atoms with Crippen LogP contribution in [0, 0.1) is 6.92 Å². The number of hydrogen-bond donors (Lipinski definition) is 0. The third-order valence-electron chi connectivity index (χ3n) is 4.66. The highest BCUT2D eigenvalue weighted by Gasteiger charge is 2.19. The van der Waals surface area contributed by atoms with Crippen LogP contribution in [0.1, 0.15) is 36.2 Å².